The van der Waals surface area contributed by atoms with Crippen LogP contribution in [-0.2, 0) is 0 Å². The highest BCUT2D eigenvalue weighted by Crippen LogP contribution is 2.32. The third-order valence-electron chi connectivity index (χ3n) is 4.78. The molecule has 0 saturated heterocycles. The molecular weight excluding hydrogens is 348 g/mol. The number of primary amides is 1. The number of benzene rings is 3. The zero-order valence-electron chi connectivity index (χ0n) is 15.7. The number of nitrogens with zero attached hydrogens (tertiary/aromatic N) is 2. The van der Waals surface area contributed by atoms with Crippen LogP contribution in [0, 0.1) is 13.8 Å². The van der Waals surface area contributed by atoms with Gasteiger partial charge in [-0.1, -0.05) is 48.5 Å². The van der Waals surface area contributed by atoms with Gasteiger partial charge in [0.2, 0.25) is 5.91 Å². The molecule has 0 spiro atoms. The summed E-state index contributed by atoms with van der Waals surface area (Å²) in [6.45, 7) is 4.12. The van der Waals surface area contributed by atoms with Gasteiger partial charge in [-0.3, -0.25) is 4.79 Å². The predicted octanol–water partition coefficient (Wildman–Crippen LogP) is 4.76. The average molecular weight is 368 g/mol. The standard InChI is InChI=1S/C23H20N4O/c1-14-7-8-15(2)20(13-14)25-23-19-6-4-3-5-18(19)21(26-27-23)16-9-11-17(12-10-16)22(24)28/h3-13H,1-2H3,(H2,24,28)(H,25,27). The number of nitrogens with two attached hydrogens (primary N) is 1. The number of aromatic nitrogens is 2. The van der Waals surface area contributed by atoms with Gasteiger partial charge in [-0.2, -0.15) is 0 Å². The molecule has 138 valence electrons. The molecule has 0 saturated carbocycles. The summed E-state index contributed by atoms with van der Waals surface area (Å²) >= 11 is 0. The summed E-state index contributed by atoms with van der Waals surface area (Å²) in [7, 11) is 0. The van der Waals surface area contributed by atoms with E-state index in [1.54, 1.807) is 12.1 Å². The Labute approximate surface area is 163 Å². The molecule has 0 radical (unpaired) electrons. The highest BCUT2D eigenvalue weighted by atomic mass is 16.1. The van der Waals surface area contributed by atoms with Crippen molar-refractivity contribution in [3.05, 3.63) is 83.4 Å². The van der Waals surface area contributed by atoms with E-state index < -0.39 is 5.91 Å². The van der Waals surface area contributed by atoms with Crippen molar-refractivity contribution in [2.24, 2.45) is 5.73 Å². The summed E-state index contributed by atoms with van der Waals surface area (Å²) < 4.78 is 0. The van der Waals surface area contributed by atoms with E-state index in [9.17, 15) is 4.79 Å². The molecule has 3 aromatic carbocycles. The number of carbonyl (C=O) groups is 1. The van der Waals surface area contributed by atoms with Gasteiger partial charge in [-0.05, 0) is 43.2 Å². The third kappa shape index (κ3) is 3.30. The number of nitrogens with one attached hydrogen (secondary N) is 1. The molecule has 28 heavy (non-hydrogen) atoms. The zero-order chi connectivity index (χ0) is 19.7. The van der Waals surface area contributed by atoms with Crippen molar-refractivity contribution in [2.45, 2.75) is 13.8 Å². The third-order valence-corrected chi connectivity index (χ3v) is 4.78. The Bertz CT molecular complexity index is 1180. The smallest absolute Gasteiger partial charge is 0.248 e. The minimum Gasteiger partial charge on any atom is -0.366 e. The molecule has 0 unspecified atom stereocenters. The number of amides is 1. The van der Waals surface area contributed by atoms with Crippen LogP contribution < -0.4 is 11.1 Å². The fraction of sp³-hybridized carbons (Fsp3) is 0.0870. The van der Waals surface area contributed by atoms with Crippen molar-refractivity contribution in [1.29, 1.82) is 0 Å². The molecule has 0 aliphatic rings. The number of anilines is 2. The van der Waals surface area contributed by atoms with Crippen LogP contribution >= 0.6 is 0 Å². The summed E-state index contributed by atoms with van der Waals surface area (Å²) in [5.41, 5.74) is 10.8. The molecule has 4 aromatic rings. The molecule has 1 aromatic heterocycles. The second kappa shape index (κ2) is 7.12. The highest BCUT2D eigenvalue weighted by Gasteiger charge is 2.12. The van der Waals surface area contributed by atoms with Gasteiger partial charge in [0.25, 0.3) is 0 Å². The molecule has 5 heteroatoms. The van der Waals surface area contributed by atoms with Crippen LogP contribution in [0.1, 0.15) is 21.5 Å². The number of aryl methyl sites for hydroxylation is 2. The Morgan fingerprint density at radius 3 is 2.32 bits per heavy atom. The van der Waals surface area contributed by atoms with Gasteiger partial charge in [0, 0.05) is 27.6 Å². The Morgan fingerprint density at radius 1 is 0.893 bits per heavy atom. The Hall–Kier alpha value is -3.73. The van der Waals surface area contributed by atoms with E-state index in [2.05, 4.69) is 47.6 Å². The average Bonchev–Trinajstić information content (AvgIpc) is 2.71. The van der Waals surface area contributed by atoms with Crippen molar-refractivity contribution < 1.29 is 4.79 Å². The molecule has 1 amide bonds. The first-order chi connectivity index (χ1) is 13.5. The lowest BCUT2D eigenvalue weighted by molar-refractivity contribution is 0.100. The summed E-state index contributed by atoms with van der Waals surface area (Å²) in [6.07, 6.45) is 0. The van der Waals surface area contributed by atoms with Crippen LogP contribution in [0.2, 0.25) is 0 Å². The Morgan fingerprint density at radius 2 is 1.61 bits per heavy atom. The molecule has 3 N–H and O–H groups in total. The lowest BCUT2D eigenvalue weighted by Crippen LogP contribution is -2.10. The maximum absolute atomic E-state index is 11.3. The van der Waals surface area contributed by atoms with Crippen molar-refractivity contribution in [3.8, 4) is 11.3 Å². The van der Waals surface area contributed by atoms with Gasteiger partial charge in [0.15, 0.2) is 5.82 Å². The van der Waals surface area contributed by atoms with E-state index in [1.165, 1.54) is 5.56 Å². The molecule has 0 aliphatic heterocycles. The first-order valence-corrected chi connectivity index (χ1v) is 9.03. The molecule has 4 rings (SSSR count). The fourth-order valence-corrected chi connectivity index (χ4v) is 3.20. The van der Waals surface area contributed by atoms with E-state index in [4.69, 9.17) is 5.73 Å². The SMILES string of the molecule is Cc1ccc(C)c(Nc2nnc(-c3ccc(C(N)=O)cc3)c3ccccc23)c1. The van der Waals surface area contributed by atoms with Crippen LogP contribution in [0.25, 0.3) is 22.0 Å². The van der Waals surface area contributed by atoms with Crippen LogP contribution in [0.5, 0.6) is 0 Å². The predicted molar refractivity (Wildman–Crippen MR) is 113 cm³/mol. The summed E-state index contributed by atoms with van der Waals surface area (Å²) in [5.74, 6) is 0.261. The quantitative estimate of drug-likeness (QED) is 0.544. The number of hydrogen-bond donors (Lipinski definition) is 2. The largest absolute Gasteiger partial charge is 0.366 e. The van der Waals surface area contributed by atoms with Gasteiger partial charge in [-0.15, -0.1) is 10.2 Å². The Balaban J connectivity index is 1.81. The first-order valence-electron chi connectivity index (χ1n) is 9.03. The minimum absolute atomic E-state index is 0.449. The van der Waals surface area contributed by atoms with Crippen LogP contribution in [0.4, 0.5) is 11.5 Å². The highest BCUT2D eigenvalue weighted by molar-refractivity contribution is 6.01. The molecule has 0 aliphatic carbocycles. The normalized spacial score (nSPS) is 10.8. The minimum atomic E-state index is -0.449. The van der Waals surface area contributed by atoms with Crippen LogP contribution in [0.3, 0.4) is 0 Å². The van der Waals surface area contributed by atoms with Gasteiger partial charge in [0.05, 0.1) is 0 Å². The maximum Gasteiger partial charge on any atom is 0.248 e. The molecule has 5 nitrogen and oxygen atoms in total. The van der Waals surface area contributed by atoms with Gasteiger partial charge in [-0.25, -0.2) is 0 Å². The van der Waals surface area contributed by atoms with E-state index in [-0.39, 0.29) is 0 Å². The number of carbonyl (C=O) groups excluding carboxylic acids is 1. The lowest BCUT2D eigenvalue weighted by Gasteiger charge is -2.13. The van der Waals surface area contributed by atoms with Gasteiger partial charge >= 0.3 is 0 Å². The molecule has 0 atom stereocenters. The molecule has 0 bridgehead atoms. The second-order valence-electron chi connectivity index (χ2n) is 6.83. The maximum atomic E-state index is 11.3. The molecular formula is C23H20N4O. The van der Waals surface area contributed by atoms with E-state index in [0.717, 1.165) is 33.3 Å². The van der Waals surface area contributed by atoms with E-state index >= 15 is 0 Å². The lowest BCUT2D eigenvalue weighted by atomic mass is 10.0. The monoisotopic (exact) mass is 368 g/mol. The van der Waals surface area contributed by atoms with Crippen molar-refractivity contribution in [3.63, 3.8) is 0 Å². The number of fused-ring (bicyclic) bond motifs is 1. The van der Waals surface area contributed by atoms with Crippen molar-refractivity contribution in [1.82, 2.24) is 10.2 Å². The van der Waals surface area contributed by atoms with E-state index in [0.29, 0.717) is 11.4 Å². The van der Waals surface area contributed by atoms with Crippen LogP contribution in [-0.4, -0.2) is 16.1 Å². The van der Waals surface area contributed by atoms with Crippen molar-refractivity contribution in [2.75, 3.05) is 5.32 Å². The molecule has 1 heterocycles. The second-order valence-corrected chi connectivity index (χ2v) is 6.83. The zero-order valence-corrected chi connectivity index (χ0v) is 15.7. The summed E-state index contributed by atoms with van der Waals surface area (Å²) in [5, 5.41) is 14.3. The first kappa shape index (κ1) is 17.7. The molecule has 0 fully saturated rings. The Kier molecular flexibility index (Phi) is 4.49. The van der Waals surface area contributed by atoms with Gasteiger partial charge in [0.1, 0.15) is 5.69 Å². The number of rotatable bonds is 4. The fourth-order valence-electron chi connectivity index (χ4n) is 3.20. The number of hydrogen-bond acceptors (Lipinski definition) is 4. The van der Waals surface area contributed by atoms with E-state index in [1.807, 2.05) is 36.4 Å². The van der Waals surface area contributed by atoms with Gasteiger partial charge < -0.3 is 11.1 Å². The van der Waals surface area contributed by atoms with Crippen LogP contribution in [0.15, 0.2) is 66.7 Å². The summed E-state index contributed by atoms with van der Waals surface area (Å²) in [4.78, 5) is 11.3. The topological polar surface area (TPSA) is 80.9 Å². The van der Waals surface area contributed by atoms with Crippen molar-refractivity contribution >= 4 is 28.2 Å². The summed E-state index contributed by atoms with van der Waals surface area (Å²) in [6, 6.07) is 21.4.